The molecule has 10 rings (SSSR count). The molecule has 0 spiro atoms. The van der Waals surface area contributed by atoms with Gasteiger partial charge in [-0.15, -0.1) is 0 Å². The standard InChI is InChI=1S/C43H25N3O/c1-2-10-28(11-3-1)41-44-42(46-43(45-41)31-22-17-26-9-4-5-12-30(26)25-31)29-20-18-27(19-21-29)32-23-24-37-40-38(32)34-14-7-6-13-33(34)35-15-8-16-36(47-37)39(35)40/h1-25H. The zero-order chi connectivity index (χ0) is 30.9. The smallest absolute Gasteiger partial charge is 0.164 e. The number of hydrogen-bond acceptors (Lipinski definition) is 4. The molecule has 0 saturated carbocycles. The lowest BCUT2D eigenvalue weighted by molar-refractivity contribution is 0.669. The van der Waals surface area contributed by atoms with Crippen LogP contribution in [0, 0.1) is 0 Å². The molecular formula is C43H25N3O. The van der Waals surface area contributed by atoms with E-state index in [1.54, 1.807) is 0 Å². The second-order valence-corrected chi connectivity index (χ2v) is 12.0. The zero-order valence-electron chi connectivity index (χ0n) is 25.2. The second-order valence-electron chi connectivity index (χ2n) is 12.0. The summed E-state index contributed by atoms with van der Waals surface area (Å²) in [6.07, 6.45) is 0. The fourth-order valence-corrected chi connectivity index (χ4v) is 7.07. The van der Waals surface area contributed by atoms with E-state index in [4.69, 9.17) is 19.4 Å². The van der Waals surface area contributed by atoms with E-state index in [0.717, 1.165) is 38.8 Å². The van der Waals surface area contributed by atoms with Crippen LogP contribution in [-0.2, 0) is 0 Å². The van der Waals surface area contributed by atoms with Gasteiger partial charge in [-0.3, -0.25) is 0 Å². The molecule has 0 radical (unpaired) electrons. The van der Waals surface area contributed by atoms with E-state index in [2.05, 4.69) is 121 Å². The largest absolute Gasteiger partial charge is 0.456 e. The summed E-state index contributed by atoms with van der Waals surface area (Å²) in [5.74, 6) is 1.94. The van der Waals surface area contributed by atoms with Crippen LogP contribution in [0.2, 0.25) is 0 Å². The zero-order valence-corrected chi connectivity index (χ0v) is 25.2. The predicted octanol–water partition coefficient (Wildman–Crippen LogP) is 11.3. The molecule has 0 N–H and O–H groups in total. The molecule has 0 amide bonds. The van der Waals surface area contributed by atoms with Crippen molar-refractivity contribution in [2.75, 3.05) is 0 Å². The average Bonchev–Trinajstić information content (AvgIpc) is 3.54. The second kappa shape index (κ2) is 10.1. The Morgan fingerprint density at radius 2 is 0.915 bits per heavy atom. The highest BCUT2D eigenvalue weighted by Gasteiger charge is 2.20. The van der Waals surface area contributed by atoms with Gasteiger partial charge in [0.25, 0.3) is 0 Å². The van der Waals surface area contributed by atoms with Crippen molar-refractivity contribution >= 4 is 54.3 Å². The molecule has 4 nitrogen and oxygen atoms in total. The minimum absolute atomic E-state index is 0.640. The minimum atomic E-state index is 0.640. The Morgan fingerprint density at radius 3 is 1.72 bits per heavy atom. The molecule has 8 aromatic carbocycles. The predicted molar refractivity (Wildman–Crippen MR) is 193 cm³/mol. The normalized spacial score (nSPS) is 11.8. The molecule has 0 bridgehead atoms. The number of hydrogen-bond donors (Lipinski definition) is 0. The van der Waals surface area contributed by atoms with Gasteiger partial charge >= 0.3 is 0 Å². The lowest BCUT2D eigenvalue weighted by Crippen LogP contribution is -2.00. The van der Waals surface area contributed by atoms with Gasteiger partial charge in [-0.2, -0.15) is 0 Å². The number of rotatable bonds is 4. The lowest BCUT2D eigenvalue weighted by atomic mass is 9.89. The fourth-order valence-electron chi connectivity index (χ4n) is 7.07. The summed E-state index contributed by atoms with van der Waals surface area (Å²) >= 11 is 0. The van der Waals surface area contributed by atoms with Crippen LogP contribution in [0.5, 0.6) is 0 Å². The average molecular weight is 600 g/mol. The molecule has 0 aliphatic carbocycles. The molecule has 47 heavy (non-hydrogen) atoms. The Balaban J connectivity index is 1.14. The van der Waals surface area contributed by atoms with E-state index in [1.807, 2.05) is 30.3 Å². The number of benzene rings is 8. The monoisotopic (exact) mass is 599 g/mol. The number of nitrogens with zero attached hydrogens (tertiary/aromatic N) is 3. The van der Waals surface area contributed by atoms with Gasteiger partial charge in [-0.05, 0) is 56.3 Å². The van der Waals surface area contributed by atoms with E-state index >= 15 is 0 Å². The fraction of sp³-hybridized carbons (Fsp3) is 0. The highest BCUT2D eigenvalue weighted by atomic mass is 16.3. The summed E-state index contributed by atoms with van der Waals surface area (Å²) in [6, 6.07) is 52.7. The summed E-state index contributed by atoms with van der Waals surface area (Å²) in [6.45, 7) is 0. The summed E-state index contributed by atoms with van der Waals surface area (Å²) in [5, 5.41) is 9.61. The van der Waals surface area contributed by atoms with Crippen LogP contribution in [0.1, 0.15) is 0 Å². The first-order valence-electron chi connectivity index (χ1n) is 15.8. The number of fused-ring (bicyclic) bond motifs is 4. The molecule has 0 fully saturated rings. The third kappa shape index (κ3) is 4.05. The topological polar surface area (TPSA) is 51.8 Å². The van der Waals surface area contributed by atoms with Crippen molar-refractivity contribution in [2.45, 2.75) is 0 Å². The molecule has 218 valence electrons. The number of furan rings is 1. The van der Waals surface area contributed by atoms with Crippen LogP contribution in [0.25, 0.3) is 99.5 Å². The van der Waals surface area contributed by atoms with Crippen molar-refractivity contribution in [1.29, 1.82) is 0 Å². The first-order chi connectivity index (χ1) is 23.3. The molecule has 0 atom stereocenters. The van der Waals surface area contributed by atoms with Crippen molar-refractivity contribution < 1.29 is 4.42 Å². The van der Waals surface area contributed by atoms with Gasteiger partial charge in [0, 0.05) is 32.8 Å². The number of aromatic nitrogens is 3. The van der Waals surface area contributed by atoms with E-state index in [9.17, 15) is 0 Å². The van der Waals surface area contributed by atoms with Gasteiger partial charge in [0.15, 0.2) is 17.5 Å². The molecule has 10 aromatic rings. The Hall–Kier alpha value is -6.39. The first-order valence-corrected chi connectivity index (χ1v) is 15.8. The van der Waals surface area contributed by atoms with Gasteiger partial charge in [0.2, 0.25) is 0 Å². The SMILES string of the molecule is c1ccc(-c2nc(-c3ccc(-c4ccc5oc6cccc7c8ccccc8c4c5c67)cc3)nc(-c3ccc4ccccc4c3)n2)cc1. The molecule has 0 aliphatic rings. The maximum atomic E-state index is 6.35. The van der Waals surface area contributed by atoms with Crippen LogP contribution in [0.3, 0.4) is 0 Å². The van der Waals surface area contributed by atoms with Crippen molar-refractivity contribution in [3.63, 3.8) is 0 Å². The van der Waals surface area contributed by atoms with Crippen LogP contribution in [0.4, 0.5) is 0 Å². The quantitative estimate of drug-likeness (QED) is 0.189. The van der Waals surface area contributed by atoms with Crippen LogP contribution < -0.4 is 0 Å². The van der Waals surface area contributed by atoms with Gasteiger partial charge in [-0.1, -0.05) is 133 Å². The highest BCUT2D eigenvalue weighted by molar-refractivity contribution is 6.35. The van der Waals surface area contributed by atoms with Crippen LogP contribution in [-0.4, -0.2) is 15.0 Å². The third-order valence-corrected chi connectivity index (χ3v) is 9.28. The van der Waals surface area contributed by atoms with Gasteiger partial charge < -0.3 is 4.42 Å². The van der Waals surface area contributed by atoms with E-state index in [0.29, 0.717) is 17.5 Å². The summed E-state index contributed by atoms with van der Waals surface area (Å²) < 4.78 is 6.35. The summed E-state index contributed by atoms with van der Waals surface area (Å²) in [7, 11) is 0. The molecule has 0 saturated heterocycles. The Labute approximate surface area is 270 Å². The Morgan fingerprint density at radius 1 is 0.340 bits per heavy atom. The molecule has 0 aliphatic heterocycles. The van der Waals surface area contributed by atoms with Crippen molar-refractivity contribution in [3.8, 4) is 45.3 Å². The maximum Gasteiger partial charge on any atom is 0.164 e. The van der Waals surface area contributed by atoms with Gasteiger partial charge in [0.1, 0.15) is 11.2 Å². The maximum absolute atomic E-state index is 6.35. The van der Waals surface area contributed by atoms with E-state index < -0.39 is 0 Å². The van der Waals surface area contributed by atoms with Crippen LogP contribution in [0.15, 0.2) is 156 Å². The van der Waals surface area contributed by atoms with E-state index in [-0.39, 0.29) is 0 Å². The molecular weight excluding hydrogens is 574 g/mol. The molecule has 4 heteroatoms. The Kier molecular flexibility index (Phi) is 5.54. The summed E-state index contributed by atoms with van der Waals surface area (Å²) in [4.78, 5) is 14.9. The third-order valence-electron chi connectivity index (χ3n) is 9.28. The first kappa shape index (κ1) is 25.9. The van der Waals surface area contributed by atoms with E-state index in [1.165, 1.54) is 43.3 Å². The Bertz CT molecular complexity index is 2780. The van der Waals surface area contributed by atoms with Crippen molar-refractivity contribution in [3.05, 3.63) is 152 Å². The molecule has 2 aromatic heterocycles. The van der Waals surface area contributed by atoms with Gasteiger partial charge in [-0.25, -0.2) is 15.0 Å². The summed E-state index contributed by atoms with van der Waals surface area (Å²) in [5.41, 5.74) is 6.98. The molecule has 2 heterocycles. The lowest BCUT2D eigenvalue weighted by Gasteiger charge is -2.13. The van der Waals surface area contributed by atoms with Crippen LogP contribution >= 0.6 is 0 Å². The van der Waals surface area contributed by atoms with Crippen molar-refractivity contribution in [2.24, 2.45) is 0 Å². The van der Waals surface area contributed by atoms with Gasteiger partial charge in [0.05, 0.1) is 0 Å². The highest BCUT2D eigenvalue weighted by Crippen LogP contribution is 2.46. The van der Waals surface area contributed by atoms with Crippen molar-refractivity contribution in [1.82, 2.24) is 15.0 Å². The minimum Gasteiger partial charge on any atom is -0.456 e. The molecule has 0 unspecified atom stereocenters.